The lowest BCUT2D eigenvalue weighted by Crippen LogP contribution is -2.29. The van der Waals surface area contributed by atoms with Gasteiger partial charge in [0.15, 0.2) is 0 Å². The lowest BCUT2D eigenvalue weighted by Gasteiger charge is -2.15. The number of likely N-dealkylation sites (tertiary alicyclic amines) is 1. The van der Waals surface area contributed by atoms with Gasteiger partial charge in [0.05, 0.1) is 0 Å². The number of hydrogen-bond donors (Lipinski definition) is 0. The topological polar surface area (TPSA) is 63.4 Å². The molecule has 3 aromatic heterocycles. The quantitative estimate of drug-likeness (QED) is 0.722. The minimum absolute atomic E-state index is 0.0202. The number of aromatic nitrogens is 4. The van der Waals surface area contributed by atoms with Crippen molar-refractivity contribution in [1.82, 2.24) is 24.3 Å². The summed E-state index contributed by atoms with van der Waals surface area (Å²) in [6.07, 6.45) is 4.68. The summed E-state index contributed by atoms with van der Waals surface area (Å²) in [5.41, 5.74) is 4.37. The molecule has 0 radical (unpaired) electrons. The number of pyridine rings is 1. The predicted molar refractivity (Wildman–Crippen MR) is 94.7 cm³/mol. The Labute approximate surface area is 146 Å². The molecule has 0 N–H and O–H groups in total. The van der Waals surface area contributed by atoms with Gasteiger partial charge >= 0.3 is 0 Å². The molecule has 128 valence electrons. The first-order valence-electron chi connectivity index (χ1n) is 8.56. The number of nitrogens with zero attached hydrogens (tertiary/aromatic N) is 5. The Morgan fingerprint density at radius 2 is 1.84 bits per heavy atom. The van der Waals surface area contributed by atoms with Crippen LogP contribution in [0.15, 0.2) is 30.6 Å². The van der Waals surface area contributed by atoms with Crippen molar-refractivity contribution in [2.45, 2.75) is 33.1 Å². The van der Waals surface area contributed by atoms with E-state index >= 15 is 0 Å². The van der Waals surface area contributed by atoms with Crippen LogP contribution in [0.4, 0.5) is 0 Å². The van der Waals surface area contributed by atoms with Gasteiger partial charge in [-0.2, -0.15) is 0 Å². The molecule has 1 atom stereocenters. The standard InChI is InChI=1S/C19H21N5O/c1-12-4-5-17-22-16(11-24(17)9-12)19(25)23-7-6-15(10-23)18-20-13(2)8-14(3)21-18/h4-5,8-9,11,15H,6-7,10H2,1-3H3/t15-/m1/s1. The van der Waals surface area contributed by atoms with Crippen LogP contribution in [0.3, 0.4) is 0 Å². The van der Waals surface area contributed by atoms with Gasteiger partial charge in [-0.1, -0.05) is 6.07 Å². The Balaban J connectivity index is 1.55. The fourth-order valence-electron chi connectivity index (χ4n) is 3.46. The van der Waals surface area contributed by atoms with Crippen LogP contribution < -0.4 is 0 Å². The van der Waals surface area contributed by atoms with Crippen LogP contribution in [-0.4, -0.2) is 43.2 Å². The molecular weight excluding hydrogens is 314 g/mol. The second-order valence-corrected chi connectivity index (χ2v) is 6.84. The average molecular weight is 335 g/mol. The Hall–Kier alpha value is -2.76. The number of carbonyl (C=O) groups is 1. The molecule has 0 aliphatic carbocycles. The summed E-state index contributed by atoms with van der Waals surface area (Å²) >= 11 is 0. The minimum Gasteiger partial charge on any atom is -0.337 e. The van der Waals surface area contributed by atoms with Gasteiger partial charge in [0.25, 0.3) is 5.91 Å². The van der Waals surface area contributed by atoms with Crippen molar-refractivity contribution in [3.05, 3.63) is 59.1 Å². The molecule has 1 amide bonds. The summed E-state index contributed by atoms with van der Waals surface area (Å²) in [5, 5.41) is 0. The Kier molecular flexibility index (Phi) is 3.75. The summed E-state index contributed by atoms with van der Waals surface area (Å²) in [6, 6.07) is 5.90. The van der Waals surface area contributed by atoms with Gasteiger partial charge in [0, 0.05) is 42.8 Å². The third kappa shape index (κ3) is 2.99. The summed E-state index contributed by atoms with van der Waals surface area (Å²) < 4.78 is 1.91. The monoisotopic (exact) mass is 335 g/mol. The van der Waals surface area contributed by atoms with E-state index in [0.717, 1.165) is 34.8 Å². The van der Waals surface area contributed by atoms with Crippen LogP contribution in [0, 0.1) is 20.8 Å². The lowest BCUT2D eigenvalue weighted by molar-refractivity contribution is 0.0785. The van der Waals surface area contributed by atoms with Crippen LogP contribution in [0.1, 0.15) is 45.6 Å². The molecular formula is C19H21N5O. The van der Waals surface area contributed by atoms with Crippen molar-refractivity contribution in [2.75, 3.05) is 13.1 Å². The zero-order valence-electron chi connectivity index (χ0n) is 14.7. The van der Waals surface area contributed by atoms with E-state index in [9.17, 15) is 4.79 Å². The lowest BCUT2D eigenvalue weighted by atomic mass is 10.1. The van der Waals surface area contributed by atoms with E-state index in [1.807, 2.05) is 60.7 Å². The first-order valence-corrected chi connectivity index (χ1v) is 8.56. The predicted octanol–water partition coefficient (Wildman–Crippen LogP) is 2.68. The highest BCUT2D eigenvalue weighted by molar-refractivity contribution is 5.93. The smallest absolute Gasteiger partial charge is 0.274 e. The van der Waals surface area contributed by atoms with Gasteiger partial charge < -0.3 is 9.30 Å². The molecule has 6 heteroatoms. The number of aryl methyl sites for hydroxylation is 3. The Morgan fingerprint density at radius 1 is 1.08 bits per heavy atom. The second kappa shape index (κ2) is 5.95. The zero-order valence-corrected chi connectivity index (χ0v) is 14.7. The highest BCUT2D eigenvalue weighted by atomic mass is 16.2. The van der Waals surface area contributed by atoms with Crippen LogP contribution >= 0.6 is 0 Å². The second-order valence-electron chi connectivity index (χ2n) is 6.84. The Bertz CT molecular complexity index is 941. The van der Waals surface area contributed by atoms with Gasteiger partial charge in [-0.3, -0.25) is 4.79 Å². The van der Waals surface area contributed by atoms with E-state index in [-0.39, 0.29) is 11.8 Å². The van der Waals surface area contributed by atoms with Crippen LogP contribution in [-0.2, 0) is 0 Å². The molecule has 4 heterocycles. The van der Waals surface area contributed by atoms with E-state index in [0.29, 0.717) is 18.8 Å². The molecule has 6 nitrogen and oxygen atoms in total. The summed E-state index contributed by atoms with van der Waals surface area (Å²) in [4.78, 5) is 28.3. The van der Waals surface area contributed by atoms with Crippen molar-refractivity contribution in [3.8, 4) is 0 Å². The molecule has 1 saturated heterocycles. The summed E-state index contributed by atoms with van der Waals surface area (Å²) in [5.74, 6) is 1.02. The number of hydrogen-bond acceptors (Lipinski definition) is 4. The minimum atomic E-state index is -0.0202. The maximum absolute atomic E-state index is 12.8. The SMILES string of the molecule is Cc1ccc2nc(C(=O)N3CC[C@@H](c4nc(C)cc(C)n4)C3)cn2c1. The van der Waals surface area contributed by atoms with Crippen molar-refractivity contribution >= 4 is 11.6 Å². The first-order chi connectivity index (χ1) is 12.0. The molecule has 1 aliphatic heterocycles. The van der Waals surface area contributed by atoms with Gasteiger partial charge in [-0.25, -0.2) is 15.0 Å². The molecule has 3 aromatic rings. The van der Waals surface area contributed by atoms with Crippen molar-refractivity contribution < 1.29 is 4.79 Å². The average Bonchev–Trinajstić information content (AvgIpc) is 3.20. The van der Waals surface area contributed by atoms with Gasteiger partial charge in [0.2, 0.25) is 0 Å². The van der Waals surface area contributed by atoms with E-state index < -0.39 is 0 Å². The maximum atomic E-state index is 12.8. The Morgan fingerprint density at radius 3 is 2.60 bits per heavy atom. The molecule has 0 bridgehead atoms. The number of fused-ring (bicyclic) bond motifs is 1. The van der Waals surface area contributed by atoms with Gasteiger partial charge in [-0.05, 0) is 44.9 Å². The first kappa shape index (κ1) is 15.7. The van der Waals surface area contributed by atoms with Crippen LogP contribution in [0.5, 0.6) is 0 Å². The molecule has 1 fully saturated rings. The number of rotatable bonds is 2. The highest BCUT2D eigenvalue weighted by Crippen LogP contribution is 2.26. The molecule has 25 heavy (non-hydrogen) atoms. The summed E-state index contributed by atoms with van der Waals surface area (Å²) in [6.45, 7) is 7.35. The normalized spacial score (nSPS) is 17.4. The highest BCUT2D eigenvalue weighted by Gasteiger charge is 2.30. The van der Waals surface area contributed by atoms with Crippen molar-refractivity contribution in [3.63, 3.8) is 0 Å². The van der Waals surface area contributed by atoms with Crippen LogP contribution in [0.25, 0.3) is 5.65 Å². The third-order valence-electron chi connectivity index (χ3n) is 4.66. The van der Waals surface area contributed by atoms with Crippen molar-refractivity contribution in [1.29, 1.82) is 0 Å². The molecule has 0 unspecified atom stereocenters. The maximum Gasteiger partial charge on any atom is 0.274 e. The van der Waals surface area contributed by atoms with Crippen LogP contribution in [0.2, 0.25) is 0 Å². The fraction of sp³-hybridized carbons (Fsp3) is 0.368. The number of carbonyl (C=O) groups excluding carboxylic acids is 1. The van der Waals surface area contributed by atoms with E-state index in [2.05, 4.69) is 15.0 Å². The molecule has 0 spiro atoms. The van der Waals surface area contributed by atoms with Gasteiger partial charge in [0.1, 0.15) is 17.2 Å². The molecule has 0 saturated carbocycles. The van der Waals surface area contributed by atoms with Crippen molar-refractivity contribution in [2.24, 2.45) is 0 Å². The van der Waals surface area contributed by atoms with E-state index in [1.54, 1.807) is 0 Å². The van der Waals surface area contributed by atoms with E-state index in [4.69, 9.17) is 0 Å². The third-order valence-corrected chi connectivity index (χ3v) is 4.66. The zero-order chi connectivity index (χ0) is 17.6. The number of amides is 1. The molecule has 1 aliphatic rings. The largest absolute Gasteiger partial charge is 0.337 e. The fourth-order valence-corrected chi connectivity index (χ4v) is 3.46. The van der Waals surface area contributed by atoms with Gasteiger partial charge in [-0.15, -0.1) is 0 Å². The van der Waals surface area contributed by atoms with E-state index in [1.165, 1.54) is 0 Å². The molecule has 0 aromatic carbocycles. The summed E-state index contributed by atoms with van der Waals surface area (Å²) in [7, 11) is 0. The number of imidazole rings is 1. The molecule has 4 rings (SSSR count).